The average Bonchev–Trinajstić information content (AvgIpc) is 2.59. The Hall–Kier alpha value is -2.65. The second-order valence-corrected chi connectivity index (χ2v) is 5.59. The molecule has 0 aliphatic heterocycles. The molecule has 0 aliphatic rings. The second-order valence-electron chi connectivity index (χ2n) is 4.57. The molecular weight excluding hydrogens is 310 g/mol. The van der Waals surface area contributed by atoms with E-state index in [4.69, 9.17) is 10.00 Å². The molecule has 1 amide bonds. The first-order chi connectivity index (χ1) is 11.2. The fraction of sp³-hybridized carbons (Fsp3) is 0.176. The van der Waals surface area contributed by atoms with Crippen LogP contribution in [-0.2, 0) is 4.79 Å². The van der Waals surface area contributed by atoms with Gasteiger partial charge in [0.25, 0.3) is 0 Å². The Labute approximate surface area is 139 Å². The number of anilines is 2. The van der Waals surface area contributed by atoms with Crippen LogP contribution in [0, 0.1) is 11.3 Å². The molecule has 23 heavy (non-hydrogen) atoms. The summed E-state index contributed by atoms with van der Waals surface area (Å²) in [5.41, 5.74) is 1.56. The minimum Gasteiger partial charge on any atom is -0.497 e. The van der Waals surface area contributed by atoms with Crippen molar-refractivity contribution in [2.45, 2.75) is 4.90 Å². The monoisotopic (exact) mass is 327 g/mol. The van der Waals surface area contributed by atoms with E-state index in [2.05, 4.69) is 16.7 Å². The number of hydrogen-bond acceptors (Lipinski definition) is 5. The molecule has 0 spiro atoms. The minimum atomic E-state index is -0.147. The van der Waals surface area contributed by atoms with Crippen LogP contribution >= 0.6 is 11.8 Å². The summed E-state index contributed by atoms with van der Waals surface area (Å²) >= 11 is 1.40. The highest BCUT2D eigenvalue weighted by atomic mass is 32.2. The van der Waals surface area contributed by atoms with Crippen LogP contribution in [0.1, 0.15) is 0 Å². The summed E-state index contributed by atoms with van der Waals surface area (Å²) < 4.78 is 5.09. The molecule has 2 aromatic rings. The fourth-order valence-corrected chi connectivity index (χ4v) is 2.56. The van der Waals surface area contributed by atoms with Crippen LogP contribution in [0.5, 0.6) is 5.75 Å². The molecule has 2 rings (SSSR count). The van der Waals surface area contributed by atoms with E-state index in [1.165, 1.54) is 11.8 Å². The van der Waals surface area contributed by atoms with Gasteiger partial charge in [-0.2, -0.15) is 5.26 Å². The summed E-state index contributed by atoms with van der Waals surface area (Å²) in [5.74, 6) is 0.964. The largest absolute Gasteiger partial charge is 0.497 e. The van der Waals surface area contributed by atoms with Crippen molar-refractivity contribution in [3.63, 3.8) is 0 Å². The number of rotatable bonds is 7. The Morgan fingerprint density at radius 2 is 1.96 bits per heavy atom. The molecule has 0 fully saturated rings. The molecule has 5 nitrogen and oxygen atoms in total. The van der Waals surface area contributed by atoms with Gasteiger partial charge in [-0.25, -0.2) is 0 Å². The highest BCUT2D eigenvalue weighted by Gasteiger charge is 2.07. The topological polar surface area (TPSA) is 74.2 Å². The number of thioether (sulfide) groups is 1. The summed E-state index contributed by atoms with van der Waals surface area (Å²) in [4.78, 5) is 12.9. The highest BCUT2D eigenvalue weighted by Crippen LogP contribution is 2.26. The number of methoxy groups -OCH3 is 1. The SMILES string of the molecule is COc1ccc(NCC(=O)Nc2ccccc2SCC#N)cc1. The zero-order chi connectivity index (χ0) is 16.5. The second kappa shape index (κ2) is 8.71. The van der Waals surface area contributed by atoms with Crippen molar-refractivity contribution in [3.05, 3.63) is 48.5 Å². The van der Waals surface area contributed by atoms with Gasteiger partial charge in [0.15, 0.2) is 0 Å². The van der Waals surface area contributed by atoms with Crippen LogP contribution in [0.15, 0.2) is 53.4 Å². The van der Waals surface area contributed by atoms with Gasteiger partial charge in [-0.15, -0.1) is 11.8 Å². The summed E-state index contributed by atoms with van der Waals surface area (Å²) in [6.45, 7) is 0.156. The Balaban J connectivity index is 1.90. The van der Waals surface area contributed by atoms with Gasteiger partial charge in [0.1, 0.15) is 5.75 Å². The molecular formula is C17H17N3O2S. The maximum Gasteiger partial charge on any atom is 0.243 e. The van der Waals surface area contributed by atoms with E-state index >= 15 is 0 Å². The van der Waals surface area contributed by atoms with Crippen molar-refractivity contribution in [1.29, 1.82) is 5.26 Å². The van der Waals surface area contributed by atoms with E-state index in [9.17, 15) is 4.79 Å². The van der Waals surface area contributed by atoms with Crippen LogP contribution in [0.4, 0.5) is 11.4 Å². The van der Waals surface area contributed by atoms with Crippen LogP contribution in [0.3, 0.4) is 0 Å². The molecule has 6 heteroatoms. The van der Waals surface area contributed by atoms with Gasteiger partial charge in [-0.05, 0) is 36.4 Å². The lowest BCUT2D eigenvalue weighted by molar-refractivity contribution is -0.114. The molecule has 118 valence electrons. The number of carbonyl (C=O) groups excluding carboxylic acids is 1. The third-order valence-corrected chi connectivity index (χ3v) is 3.94. The number of ether oxygens (including phenoxy) is 1. The number of benzene rings is 2. The van der Waals surface area contributed by atoms with Crippen LogP contribution in [0.25, 0.3) is 0 Å². The molecule has 0 aromatic heterocycles. The molecule has 0 radical (unpaired) electrons. The number of hydrogen-bond donors (Lipinski definition) is 2. The summed E-state index contributed by atoms with van der Waals surface area (Å²) in [5, 5.41) is 14.6. The molecule has 0 aliphatic carbocycles. The Bertz CT molecular complexity index is 696. The van der Waals surface area contributed by atoms with Gasteiger partial charge in [0.2, 0.25) is 5.91 Å². The van der Waals surface area contributed by atoms with Gasteiger partial charge in [0.05, 0.1) is 31.2 Å². The lowest BCUT2D eigenvalue weighted by Gasteiger charge is -2.11. The first kappa shape index (κ1) is 16.7. The van der Waals surface area contributed by atoms with Crippen LogP contribution < -0.4 is 15.4 Å². The minimum absolute atomic E-state index is 0.147. The number of nitrogens with zero attached hydrogens (tertiary/aromatic N) is 1. The zero-order valence-corrected chi connectivity index (χ0v) is 13.5. The third kappa shape index (κ3) is 5.24. The van der Waals surface area contributed by atoms with Gasteiger partial charge >= 0.3 is 0 Å². The number of nitrogens with one attached hydrogen (secondary N) is 2. The van der Waals surface area contributed by atoms with Crippen molar-refractivity contribution in [1.82, 2.24) is 0 Å². The predicted octanol–water partition coefficient (Wildman–Crippen LogP) is 3.36. The Morgan fingerprint density at radius 3 is 2.65 bits per heavy atom. The molecule has 0 heterocycles. The van der Waals surface area contributed by atoms with Gasteiger partial charge in [-0.1, -0.05) is 12.1 Å². The summed E-state index contributed by atoms with van der Waals surface area (Å²) in [6.07, 6.45) is 0. The van der Waals surface area contributed by atoms with Crippen molar-refractivity contribution in [2.75, 3.05) is 30.0 Å². The van der Waals surface area contributed by atoms with Gasteiger partial charge in [-0.3, -0.25) is 4.79 Å². The number of nitriles is 1. The lowest BCUT2D eigenvalue weighted by atomic mass is 10.3. The maximum atomic E-state index is 12.1. The Morgan fingerprint density at radius 1 is 1.22 bits per heavy atom. The van der Waals surface area contributed by atoms with Crippen molar-refractivity contribution in [2.24, 2.45) is 0 Å². The quantitative estimate of drug-likeness (QED) is 0.763. The lowest BCUT2D eigenvalue weighted by Crippen LogP contribution is -2.22. The van der Waals surface area contributed by atoms with E-state index in [1.54, 1.807) is 7.11 Å². The average molecular weight is 327 g/mol. The van der Waals surface area contributed by atoms with E-state index in [0.717, 1.165) is 16.3 Å². The number of carbonyl (C=O) groups is 1. The highest BCUT2D eigenvalue weighted by molar-refractivity contribution is 7.99. The molecule has 2 aromatic carbocycles. The fourth-order valence-electron chi connectivity index (χ4n) is 1.89. The van der Waals surface area contributed by atoms with Gasteiger partial charge < -0.3 is 15.4 Å². The van der Waals surface area contributed by atoms with Crippen molar-refractivity contribution < 1.29 is 9.53 Å². The predicted molar refractivity (Wildman–Crippen MR) is 92.9 cm³/mol. The van der Waals surface area contributed by atoms with Crippen molar-refractivity contribution >= 4 is 29.0 Å². The van der Waals surface area contributed by atoms with Gasteiger partial charge in [0, 0.05) is 10.6 Å². The first-order valence-corrected chi connectivity index (χ1v) is 7.98. The summed E-state index contributed by atoms with van der Waals surface area (Å²) in [7, 11) is 1.61. The molecule has 0 saturated carbocycles. The van der Waals surface area contributed by atoms with Crippen LogP contribution in [0.2, 0.25) is 0 Å². The van der Waals surface area contributed by atoms with E-state index < -0.39 is 0 Å². The molecule has 0 unspecified atom stereocenters. The van der Waals surface area contributed by atoms with E-state index in [1.807, 2.05) is 48.5 Å². The third-order valence-electron chi connectivity index (χ3n) is 3.00. The number of para-hydroxylation sites is 1. The molecule has 2 N–H and O–H groups in total. The summed E-state index contributed by atoms with van der Waals surface area (Å²) in [6, 6.07) is 16.9. The van der Waals surface area contributed by atoms with Crippen LogP contribution in [-0.4, -0.2) is 25.3 Å². The Kier molecular flexibility index (Phi) is 6.33. The zero-order valence-electron chi connectivity index (χ0n) is 12.7. The normalized spacial score (nSPS) is 9.74. The van der Waals surface area contributed by atoms with E-state index in [0.29, 0.717) is 11.4 Å². The molecule has 0 atom stereocenters. The van der Waals surface area contributed by atoms with E-state index in [-0.39, 0.29) is 12.5 Å². The molecule has 0 bridgehead atoms. The smallest absolute Gasteiger partial charge is 0.243 e. The standard InChI is InChI=1S/C17H17N3O2S/c1-22-14-8-6-13(7-9-14)19-12-17(21)20-15-4-2-3-5-16(15)23-11-10-18/h2-9,19H,11-12H2,1H3,(H,20,21). The number of amides is 1. The molecule has 0 saturated heterocycles. The first-order valence-electron chi connectivity index (χ1n) is 6.99. The van der Waals surface area contributed by atoms with Crippen molar-refractivity contribution in [3.8, 4) is 11.8 Å². The maximum absolute atomic E-state index is 12.1.